The van der Waals surface area contributed by atoms with Crippen LogP contribution >= 0.6 is 11.3 Å². The lowest BCUT2D eigenvalue weighted by Crippen LogP contribution is -2.46. The van der Waals surface area contributed by atoms with Crippen molar-refractivity contribution in [3.05, 3.63) is 88.0 Å². The number of phenols is 3. The number of hydrogen-bond acceptors (Lipinski definition) is 18. The number of phenolic OH excluding ortho intramolecular Hbond substituents is 3. The number of hydrogen-bond donors (Lipinski definition) is 7. The van der Waals surface area contributed by atoms with Gasteiger partial charge in [0, 0.05) is 92.7 Å². The number of piperazine rings is 1. The number of fused-ring (bicyclic) bond motifs is 15. The molecule has 1 fully saturated rings. The number of ketones is 1. The van der Waals surface area contributed by atoms with Gasteiger partial charge < -0.3 is 59.7 Å². The number of aromatic nitrogens is 3. The van der Waals surface area contributed by atoms with E-state index < -0.39 is 88.8 Å². The Balaban J connectivity index is 0.000000471. The second-order valence-corrected chi connectivity index (χ2v) is 19.8. The van der Waals surface area contributed by atoms with Gasteiger partial charge in [-0.05, 0) is 39.1 Å². The molecule has 0 radical (unpaired) electrons. The van der Waals surface area contributed by atoms with E-state index in [2.05, 4.69) is 30.3 Å². The molecule has 19 nitrogen and oxygen atoms in total. The van der Waals surface area contributed by atoms with E-state index in [1.807, 2.05) is 42.2 Å². The number of benzene rings is 3. The number of ether oxygens (including phenoxy) is 4. The maximum absolute atomic E-state index is 14.4. The number of H-pyrrole nitrogens is 1. The molecular formula is C53H65N7O12S. The van der Waals surface area contributed by atoms with E-state index in [4.69, 9.17) is 18.9 Å². The van der Waals surface area contributed by atoms with Crippen molar-refractivity contribution in [3.8, 4) is 34.5 Å². The highest BCUT2D eigenvalue weighted by atomic mass is 32.1. The lowest BCUT2D eigenvalue weighted by Gasteiger charge is -2.38. The van der Waals surface area contributed by atoms with E-state index in [0.29, 0.717) is 13.1 Å². The quantitative estimate of drug-likeness (QED) is 0.0404. The monoisotopic (exact) mass is 1020 g/mol. The van der Waals surface area contributed by atoms with Crippen LogP contribution in [-0.2, 0) is 23.8 Å². The molecule has 4 aliphatic heterocycles. The second kappa shape index (κ2) is 22.5. The molecule has 390 valence electrons. The Labute approximate surface area is 427 Å². The van der Waals surface area contributed by atoms with Crippen LogP contribution in [0, 0.1) is 30.6 Å². The van der Waals surface area contributed by atoms with Gasteiger partial charge in [-0.3, -0.25) is 19.4 Å². The number of rotatable bonds is 5. The number of aliphatic hydroxyl groups excluding tert-OH is 2. The van der Waals surface area contributed by atoms with Crippen LogP contribution in [0.25, 0.3) is 33.3 Å². The number of Topliss-reactive ketones (excluding diaryl/α,β-unsaturated/α-hetero) is 1. The number of aliphatic hydroxyl groups is 2. The molecule has 6 heterocycles. The number of nitrogens with one attached hydrogen (secondary N) is 2. The Morgan fingerprint density at radius 1 is 0.959 bits per heavy atom. The van der Waals surface area contributed by atoms with Crippen molar-refractivity contribution in [2.45, 2.75) is 85.6 Å². The van der Waals surface area contributed by atoms with E-state index in [9.17, 15) is 39.9 Å². The van der Waals surface area contributed by atoms with E-state index >= 15 is 0 Å². The zero-order valence-corrected chi connectivity index (χ0v) is 43.4. The molecule has 2 aromatic heterocycles. The number of imidazole rings is 1. The summed E-state index contributed by atoms with van der Waals surface area (Å²) < 4.78 is 23.6. The molecule has 3 aromatic carbocycles. The van der Waals surface area contributed by atoms with Crippen molar-refractivity contribution in [3.63, 3.8) is 0 Å². The molecule has 73 heavy (non-hydrogen) atoms. The summed E-state index contributed by atoms with van der Waals surface area (Å²) in [4.78, 5) is 54.5. The zero-order valence-electron chi connectivity index (χ0n) is 42.6. The topological polar surface area (TPSA) is 262 Å². The number of methoxy groups -OCH3 is 1. The number of thiazole rings is 1. The number of carbonyl (C=O) groups excluding carboxylic acids is 3. The minimum Gasteiger partial charge on any atom is -0.507 e. The molecule has 7 N–H and O–H groups in total. The fraction of sp³-hybridized carbons (Fsp3) is 0.434. The maximum atomic E-state index is 14.4. The fourth-order valence-electron chi connectivity index (χ4n) is 9.33. The summed E-state index contributed by atoms with van der Waals surface area (Å²) in [5.41, 5.74) is 4.40. The number of esters is 1. The number of anilines is 1. The predicted octanol–water partition coefficient (Wildman–Crippen LogP) is 7.02. The zero-order chi connectivity index (χ0) is 53.1. The molecule has 1 saturated heterocycles. The van der Waals surface area contributed by atoms with E-state index in [1.54, 1.807) is 56.2 Å². The van der Waals surface area contributed by atoms with Crippen LogP contribution in [0.15, 0.2) is 76.4 Å². The molecule has 5 aromatic rings. The summed E-state index contributed by atoms with van der Waals surface area (Å²) in [7, 11) is 3.42. The van der Waals surface area contributed by atoms with Crippen LogP contribution in [0.3, 0.4) is 0 Å². The average Bonchev–Trinajstić information content (AvgIpc) is 4.13. The van der Waals surface area contributed by atoms with Gasteiger partial charge in [0.2, 0.25) is 0 Å². The van der Waals surface area contributed by atoms with Gasteiger partial charge in [-0.25, -0.2) is 9.97 Å². The second-order valence-electron chi connectivity index (χ2n) is 19.1. The molecule has 5 bridgehead atoms. The highest BCUT2D eigenvalue weighted by molar-refractivity contribution is 7.07. The standard InChI is InChI=1S/C43H58N4O12.C10H7N3S/c1-21-12-11-13-22(2)42(55)45-33-28(20-44-47-17-15-46(9)16-18-47)37(52)30-31(38(33)53)36(51)26(6)40-32(30)41(54)43(8,59-40)57-19-14-29(56-10)23(3)39(58-27(7)48)25(5)35(50)24(4)34(21)49;1-2-4-8-7(3-1)12-10(13-8)9-5-14-6-11-9/h11-14,19-21,23-25,29,34-35,39,49-53H,15-18H2,1-10H3,(H,45,55);1-6H,(H,12,13)/b12-11+,19-14+,22-13-,44-20+;/t21-,23+,24+,25+,29-,34-,35+,39+,43-;/m0./s1. The Hall–Kier alpha value is -6.84. The predicted molar refractivity (Wildman–Crippen MR) is 278 cm³/mol. The molecule has 0 spiro atoms. The molecule has 4 aliphatic rings. The number of para-hydroxylation sites is 2. The lowest BCUT2D eigenvalue weighted by atomic mass is 9.78. The number of hydrazone groups is 1. The third kappa shape index (κ3) is 11.2. The van der Waals surface area contributed by atoms with Crippen LogP contribution < -0.4 is 10.1 Å². The maximum Gasteiger partial charge on any atom is 0.312 e. The molecule has 1 amide bonds. The molecular weight excluding hydrogens is 959 g/mol. The number of nitrogens with zero attached hydrogens (tertiary/aromatic N) is 5. The Bertz CT molecular complexity index is 2930. The number of aromatic amines is 1. The highest BCUT2D eigenvalue weighted by Gasteiger charge is 2.50. The normalized spacial score (nSPS) is 28.0. The number of carbonyl (C=O) groups is 3. The van der Waals surface area contributed by atoms with Crippen LogP contribution in [0.1, 0.15) is 70.0 Å². The minimum absolute atomic E-state index is 0.0559. The van der Waals surface area contributed by atoms with E-state index in [0.717, 1.165) is 35.6 Å². The van der Waals surface area contributed by atoms with Crippen molar-refractivity contribution in [1.82, 2.24) is 24.9 Å². The molecule has 0 unspecified atom stereocenters. The van der Waals surface area contributed by atoms with Crippen molar-refractivity contribution >= 4 is 62.7 Å². The minimum atomic E-state index is -2.04. The van der Waals surface area contributed by atoms with Gasteiger partial charge in [0.15, 0.2) is 11.6 Å². The number of likely N-dealkylation sites (N-methyl/N-ethyl adjacent to an activating group) is 1. The number of amides is 1. The van der Waals surface area contributed by atoms with Gasteiger partial charge in [-0.2, -0.15) is 5.10 Å². The molecule has 0 saturated carbocycles. The average molecular weight is 1020 g/mol. The molecule has 0 aliphatic carbocycles. The first kappa shape index (κ1) is 53.9. The first-order chi connectivity index (χ1) is 34.7. The summed E-state index contributed by atoms with van der Waals surface area (Å²) >= 11 is 1.57. The van der Waals surface area contributed by atoms with Gasteiger partial charge >= 0.3 is 11.8 Å². The largest absolute Gasteiger partial charge is 0.507 e. The van der Waals surface area contributed by atoms with Crippen LogP contribution in [0.2, 0.25) is 0 Å². The van der Waals surface area contributed by atoms with E-state index in [1.165, 1.54) is 59.4 Å². The van der Waals surface area contributed by atoms with Crippen LogP contribution in [0.5, 0.6) is 23.0 Å². The van der Waals surface area contributed by atoms with Gasteiger partial charge in [-0.15, -0.1) is 11.3 Å². The summed E-state index contributed by atoms with van der Waals surface area (Å²) in [6.07, 6.45) is 4.86. The van der Waals surface area contributed by atoms with Gasteiger partial charge in [0.1, 0.15) is 29.0 Å². The van der Waals surface area contributed by atoms with Crippen molar-refractivity contribution in [2.24, 2.45) is 28.8 Å². The first-order valence-electron chi connectivity index (χ1n) is 24.1. The van der Waals surface area contributed by atoms with Crippen molar-refractivity contribution < 1.29 is 58.9 Å². The molecule has 9 rings (SSSR count). The summed E-state index contributed by atoms with van der Waals surface area (Å²) in [6.45, 7) is 15.1. The van der Waals surface area contributed by atoms with Gasteiger partial charge in [-0.1, -0.05) is 58.1 Å². The Morgan fingerprint density at radius 3 is 2.33 bits per heavy atom. The van der Waals surface area contributed by atoms with Crippen LogP contribution in [-0.4, -0.2) is 145 Å². The van der Waals surface area contributed by atoms with Gasteiger partial charge in [0.25, 0.3) is 11.7 Å². The Kier molecular flexibility index (Phi) is 16.6. The molecule has 20 heteroatoms. The number of aromatic hydroxyl groups is 3. The van der Waals surface area contributed by atoms with Crippen LogP contribution in [0.4, 0.5) is 5.69 Å². The van der Waals surface area contributed by atoms with Crippen molar-refractivity contribution in [2.75, 3.05) is 45.7 Å². The smallest absolute Gasteiger partial charge is 0.312 e. The SMILES string of the molecule is CO[C@H]1/C=C/O[C@@]2(C)Oc3c(C)c(O)c4c(O)c(c(/C=N/N5CCN(C)CC5)c(O)c4c3C2=O)NC(=O)/C(C)=C\C=C\[C@H](C)[C@H](O)[C@@H](C)[C@@H](O)[C@@H](C)[C@H](OC(C)=O)[C@@H]1C.c1ccc2[nH]c(-c3cscn3)nc2c1. The summed E-state index contributed by atoms with van der Waals surface area (Å²) in [5, 5.41) is 68.8. The summed E-state index contributed by atoms with van der Waals surface area (Å²) in [6, 6.07) is 7.97. The van der Waals surface area contributed by atoms with E-state index in [-0.39, 0.29) is 44.5 Å². The lowest BCUT2D eigenvalue weighted by molar-refractivity contribution is -0.160. The first-order valence-corrected chi connectivity index (χ1v) is 25.0. The fourth-order valence-corrected chi connectivity index (χ4v) is 9.86. The number of allylic oxidation sites excluding steroid dienone is 2. The third-order valence-electron chi connectivity index (χ3n) is 13.9. The highest BCUT2D eigenvalue weighted by Crippen LogP contribution is 2.55. The Morgan fingerprint density at radius 2 is 1.67 bits per heavy atom. The third-order valence-corrected chi connectivity index (χ3v) is 14.5. The van der Waals surface area contributed by atoms with Gasteiger partial charge in [0.05, 0.1) is 69.5 Å². The molecule has 9 atom stereocenters. The summed E-state index contributed by atoms with van der Waals surface area (Å²) in [5.74, 6) is -7.50. The van der Waals surface area contributed by atoms with Crippen molar-refractivity contribution in [1.29, 1.82) is 0 Å².